The van der Waals surface area contributed by atoms with Gasteiger partial charge < -0.3 is 41.3 Å². The highest BCUT2D eigenvalue weighted by molar-refractivity contribution is 7.90. The number of sulfonamides is 4. The van der Waals surface area contributed by atoms with Gasteiger partial charge in [-0.25, -0.2) is 42.5 Å². The molecule has 678 valence electrons. The Labute approximate surface area is 730 Å². The summed E-state index contributed by atoms with van der Waals surface area (Å²) < 4.78 is 129. The average molecular weight is 1810 g/mol. The number of nitrogens with one attached hydrogen (secondary N) is 9. The van der Waals surface area contributed by atoms with Crippen LogP contribution in [0.2, 0.25) is 0 Å². The van der Waals surface area contributed by atoms with Gasteiger partial charge in [0.15, 0.2) is 20.1 Å². The lowest BCUT2D eigenvalue weighted by molar-refractivity contribution is 0.0639. The van der Waals surface area contributed by atoms with Crippen LogP contribution < -0.4 is 45.5 Å². The summed E-state index contributed by atoms with van der Waals surface area (Å²) >= 11 is 0. The number of aryl methyl sites for hydroxylation is 6. The summed E-state index contributed by atoms with van der Waals surface area (Å²) in [7, 11) is -6.44. The van der Waals surface area contributed by atoms with E-state index >= 15 is 0 Å². The summed E-state index contributed by atoms with van der Waals surface area (Å²) in [4.78, 5) is 104. The fourth-order valence-electron chi connectivity index (χ4n) is 14.3. The molecule has 3 aliphatic carbocycles. The fourth-order valence-corrected chi connectivity index (χ4v) is 17.9. The molecule has 4 aliphatic rings. The van der Waals surface area contributed by atoms with Crippen molar-refractivity contribution in [3.05, 3.63) is 163 Å². The van der Waals surface area contributed by atoms with Crippen molar-refractivity contribution in [3.8, 4) is 0 Å². The molecule has 4 aromatic carbocycles. The Morgan fingerprint density at radius 1 is 0.416 bits per heavy atom. The molecule has 8 aromatic rings. The van der Waals surface area contributed by atoms with Crippen molar-refractivity contribution in [1.82, 2.24) is 78.0 Å². The first-order valence-corrected chi connectivity index (χ1v) is 47.1. The van der Waals surface area contributed by atoms with Crippen LogP contribution in [0.25, 0.3) is 0 Å². The van der Waals surface area contributed by atoms with Gasteiger partial charge in [-0.2, -0.15) is 54.1 Å². The number of fused-ring (bicyclic) bond motifs is 2. The number of amides is 12. The Hall–Kier alpha value is -11.6. The van der Waals surface area contributed by atoms with Gasteiger partial charge in [-0.1, -0.05) is 119 Å². The van der Waals surface area contributed by atoms with Crippen LogP contribution >= 0.6 is 0 Å². The van der Waals surface area contributed by atoms with E-state index in [9.17, 15) is 76.4 Å². The maximum atomic E-state index is 14.1. The predicted octanol–water partition coefficient (Wildman–Crippen LogP) is 11.5. The van der Waals surface area contributed by atoms with Crippen molar-refractivity contribution in [3.63, 3.8) is 0 Å². The molecule has 12 rings (SSSR count). The van der Waals surface area contributed by atoms with Crippen molar-refractivity contribution in [2.75, 3.05) is 55.5 Å². The SMILES string of the molecule is CC(C)NC(=O)c1cc(S(=O)(=O)NC(=O)Nc2c3c(cc4c2CCC4)CCC3)nn1C.CC(C)c1cc(F)cc(C(C)C)c1NC(=O)NS(=O)(=O)c1cc(C(=O)N2CCC2)n(C)n1.CC(C)c1ccc(C(C)C)c(NC(=O)NS(=O)(=O)c2cc(C(=O)N(C)C)n(C)n2)c1.CC(C)c1cccc(C(C)C)c1NC(=O)NS(=O)(=O)c1cc(C(=O)N(C)C2CC2)n(C)n1. The van der Waals surface area contributed by atoms with E-state index in [1.807, 2.05) is 138 Å². The third-order valence-corrected chi connectivity index (χ3v) is 26.1. The highest BCUT2D eigenvalue weighted by Crippen LogP contribution is 2.40. The molecule has 41 heteroatoms. The zero-order valence-corrected chi connectivity index (χ0v) is 77.6. The minimum absolute atomic E-state index is 0.0903. The van der Waals surface area contributed by atoms with Gasteiger partial charge in [0, 0.05) is 122 Å². The third-order valence-electron chi connectivity index (χ3n) is 21.3. The maximum absolute atomic E-state index is 14.1. The van der Waals surface area contributed by atoms with Crippen LogP contribution in [0, 0.1) is 5.82 Å². The van der Waals surface area contributed by atoms with Gasteiger partial charge in [0.05, 0.1) is 0 Å². The molecule has 1 aliphatic heterocycles. The highest BCUT2D eigenvalue weighted by Gasteiger charge is 2.36. The standard InChI is InChI=1S/C22H31N5O4S.C21H28FN5O4S.C21H27N5O4S.C20H29N5O4S/c1-13(2)16-8-7-9-17(14(3)4)20(16)23-22(29)25-32(30,31)19-12-18(27(6)24-19)21(28)26(5)15-10-11-15;1-12(2)15-9-14(22)10-16(13(3)4)19(15)23-21(29)25-32(30,31)18-11-17(26(5)24-18)20(28)27-7-6-8-27;1-12(2)22-20(27)17-11-18(24-26(17)3)31(29,30)25-21(28)23-19-15-8-4-6-13(15)10-14-7-5-9-16(14)19;1-12(2)14-8-9-15(13(3)4)16(10-14)21-20(27)23-30(28,29)18-11-17(25(7)22-18)19(26)24(5)6/h7-9,12-15H,10-11H2,1-6H3,(H2,23,25,29);9-13H,6-8H2,1-5H3,(H2,23,25,29);10-12H,4-9H2,1-3H3,(H,22,27)(H2,23,25,28);8-13H,1-7H3,(H2,21,23,27). The summed E-state index contributed by atoms with van der Waals surface area (Å²) in [5.74, 6) is -1.46. The average Bonchev–Trinajstić information content (AvgIpc) is 1.34. The smallest absolute Gasteiger partial charge is 0.333 e. The van der Waals surface area contributed by atoms with Crippen LogP contribution in [0.15, 0.2) is 99.0 Å². The number of carbonyl (C=O) groups excluding carboxylic acids is 8. The number of hydrogen-bond donors (Lipinski definition) is 9. The molecule has 0 radical (unpaired) electrons. The minimum atomic E-state index is -4.34. The molecule has 2 fully saturated rings. The first kappa shape index (κ1) is 97.2. The highest BCUT2D eigenvalue weighted by atomic mass is 32.2. The number of rotatable bonds is 24. The normalized spacial score (nSPS) is 13.7. The molecule has 12 amide bonds. The van der Waals surface area contributed by atoms with E-state index in [0.717, 1.165) is 120 Å². The van der Waals surface area contributed by atoms with E-state index in [0.29, 0.717) is 41.3 Å². The minimum Gasteiger partial charge on any atom is -0.349 e. The van der Waals surface area contributed by atoms with Crippen molar-refractivity contribution < 1.29 is 76.4 Å². The number of halogens is 1. The number of benzene rings is 4. The molecule has 1 saturated heterocycles. The second-order valence-corrected chi connectivity index (χ2v) is 40.1. The quantitative estimate of drug-likeness (QED) is 0.0271. The Balaban J connectivity index is 0.000000189. The topological polar surface area (TPSA) is 462 Å². The number of aromatic nitrogens is 8. The summed E-state index contributed by atoms with van der Waals surface area (Å²) in [5.41, 5.74) is 12.3. The molecule has 9 N–H and O–H groups in total. The van der Waals surface area contributed by atoms with Crippen molar-refractivity contribution >= 4 is 111 Å². The Kier molecular flexibility index (Phi) is 30.9. The largest absolute Gasteiger partial charge is 0.349 e. The Morgan fingerprint density at radius 3 is 1.18 bits per heavy atom. The van der Waals surface area contributed by atoms with E-state index in [2.05, 4.69) is 53.0 Å². The lowest BCUT2D eigenvalue weighted by Crippen LogP contribution is -2.42. The van der Waals surface area contributed by atoms with E-state index in [4.69, 9.17) is 0 Å². The van der Waals surface area contributed by atoms with E-state index in [1.54, 1.807) is 44.8 Å². The van der Waals surface area contributed by atoms with Gasteiger partial charge in [0.2, 0.25) is 0 Å². The maximum Gasteiger partial charge on any atom is 0.333 e. The second-order valence-electron chi connectivity index (χ2n) is 33.6. The van der Waals surface area contributed by atoms with Crippen LogP contribution in [0.3, 0.4) is 0 Å². The zero-order valence-electron chi connectivity index (χ0n) is 74.4. The predicted molar refractivity (Wildman–Crippen MR) is 471 cm³/mol. The number of likely N-dealkylation sites (tertiary alicyclic amines) is 1. The summed E-state index contributed by atoms with van der Waals surface area (Å²) in [6.07, 6.45) is 8.53. The number of urea groups is 4. The Morgan fingerprint density at radius 2 is 0.792 bits per heavy atom. The van der Waals surface area contributed by atoms with Crippen LogP contribution in [-0.4, -0.2) is 182 Å². The first-order chi connectivity index (χ1) is 58.3. The third kappa shape index (κ3) is 23.7. The second kappa shape index (κ2) is 39.7. The molecular formula is C84H115FN20O16S4. The summed E-state index contributed by atoms with van der Waals surface area (Å²) in [6.45, 7) is 28.3. The number of hydrogen-bond acceptors (Lipinski definition) is 20. The molecule has 4 aromatic heterocycles. The van der Waals surface area contributed by atoms with Crippen molar-refractivity contribution in [1.29, 1.82) is 0 Å². The Bertz CT molecular complexity index is 5850. The van der Waals surface area contributed by atoms with Gasteiger partial charge in [0.25, 0.3) is 63.7 Å². The molecule has 0 unspecified atom stereocenters. The van der Waals surface area contributed by atoms with Crippen LogP contribution in [0.5, 0.6) is 0 Å². The van der Waals surface area contributed by atoms with Gasteiger partial charge in [-0.3, -0.25) is 37.9 Å². The van der Waals surface area contributed by atoms with Gasteiger partial charge in [-0.15, -0.1) is 0 Å². The van der Waals surface area contributed by atoms with Crippen LogP contribution in [0.4, 0.5) is 46.3 Å². The van der Waals surface area contributed by atoms with E-state index in [-0.39, 0.29) is 92.2 Å². The number of anilines is 4. The summed E-state index contributed by atoms with van der Waals surface area (Å²) in [5, 5.41) is 27.4. The lowest BCUT2D eigenvalue weighted by atomic mass is 9.92. The van der Waals surface area contributed by atoms with Gasteiger partial charge in [-0.05, 0) is 181 Å². The molecular weight excluding hydrogens is 1690 g/mol. The number of nitrogens with zero attached hydrogens (tertiary/aromatic N) is 11. The molecule has 1 saturated carbocycles. The van der Waals surface area contributed by atoms with Crippen molar-refractivity contribution in [2.45, 2.75) is 222 Å². The molecule has 36 nitrogen and oxygen atoms in total. The van der Waals surface area contributed by atoms with Gasteiger partial charge in [0.1, 0.15) is 28.6 Å². The number of para-hydroxylation sites is 1. The first-order valence-electron chi connectivity index (χ1n) is 41.2. The van der Waals surface area contributed by atoms with E-state index in [1.165, 1.54) is 76.5 Å². The van der Waals surface area contributed by atoms with Gasteiger partial charge >= 0.3 is 24.1 Å². The number of carbonyl (C=O) groups is 8. The molecule has 0 bridgehead atoms. The zero-order chi connectivity index (χ0) is 92.7. The lowest BCUT2D eigenvalue weighted by Gasteiger charge is -2.30. The molecule has 0 spiro atoms. The summed E-state index contributed by atoms with van der Waals surface area (Å²) in [6, 6.07) is 17.5. The van der Waals surface area contributed by atoms with Crippen molar-refractivity contribution in [2.24, 2.45) is 28.2 Å². The van der Waals surface area contributed by atoms with Crippen LogP contribution in [0.1, 0.15) is 262 Å². The monoisotopic (exact) mass is 1810 g/mol. The fraction of sp³-hybridized carbons (Fsp3) is 0.476. The molecule has 5 heterocycles. The van der Waals surface area contributed by atoms with E-state index < -0.39 is 91.9 Å². The van der Waals surface area contributed by atoms with Crippen LogP contribution in [-0.2, 0) is 94.0 Å². The molecule has 125 heavy (non-hydrogen) atoms. The molecule has 0 atom stereocenters.